The maximum atomic E-state index is 5.53. The monoisotopic (exact) mass is 249 g/mol. The first-order valence-corrected chi connectivity index (χ1v) is 6.64. The predicted octanol–water partition coefficient (Wildman–Crippen LogP) is 1.81. The summed E-state index contributed by atoms with van der Waals surface area (Å²) in [6.45, 7) is 10.8. The standard InChI is InChI=1S/C14H23N3O/c1-4-15-9-12-5-6-13(16-10-12)17-7-8-18-11-14(17,2)3/h5-6,10,15H,4,7-9,11H2,1-3H3. The third-order valence-electron chi connectivity index (χ3n) is 3.31. The molecule has 0 bridgehead atoms. The van der Waals surface area contributed by atoms with Gasteiger partial charge in [0.05, 0.1) is 18.8 Å². The van der Waals surface area contributed by atoms with Gasteiger partial charge in [-0.2, -0.15) is 0 Å². The van der Waals surface area contributed by atoms with Crippen LogP contribution in [-0.4, -0.2) is 36.8 Å². The minimum Gasteiger partial charge on any atom is -0.377 e. The lowest BCUT2D eigenvalue weighted by molar-refractivity contribution is 0.0639. The molecule has 0 atom stereocenters. The summed E-state index contributed by atoms with van der Waals surface area (Å²) in [4.78, 5) is 6.91. The van der Waals surface area contributed by atoms with Gasteiger partial charge in [0.15, 0.2) is 0 Å². The van der Waals surface area contributed by atoms with Gasteiger partial charge in [-0.1, -0.05) is 13.0 Å². The second kappa shape index (κ2) is 5.67. The van der Waals surface area contributed by atoms with Gasteiger partial charge >= 0.3 is 0 Å². The van der Waals surface area contributed by atoms with Crippen LogP contribution in [0, 0.1) is 0 Å². The molecule has 1 N–H and O–H groups in total. The molecular formula is C14H23N3O. The molecule has 1 aliphatic heterocycles. The molecule has 0 aromatic carbocycles. The highest BCUT2D eigenvalue weighted by molar-refractivity contribution is 5.43. The molecule has 0 amide bonds. The summed E-state index contributed by atoms with van der Waals surface area (Å²) in [6.07, 6.45) is 1.96. The molecule has 1 saturated heterocycles. The molecule has 4 heteroatoms. The Morgan fingerprint density at radius 3 is 2.89 bits per heavy atom. The van der Waals surface area contributed by atoms with Crippen LogP contribution in [0.4, 0.5) is 5.82 Å². The van der Waals surface area contributed by atoms with Crippen LogP contribution in [0.2, 0.25) is 0 Å². The zero-order valence-corrected chi connectivity index (χ0v) is 11.6. The molecule has 2 rings (SSSR count). The summed E-state index contributed by atoms with van der Waals surface area (Å²) in [7, 11) is 0. The van der Waals surface area contributed by atoms with E-state index in [2.05, 4.69) is 48.1 Å². The van der Waals surface area contributed by atoms with E-state index < -0.39 is 0 Å². The Morgan fingerprint density at radius 1 is 1.44 bits per heavy atom. The van der Waals surface area contributed by atoms with Crippen LogP contribution in [0.15, 0.2) is 18.3 Å². The highest BCUT2D eigenvalue weighted by atomic mass is 16.5. The quantitative estimate of drug-likeness (QED) is 0.883. The molecule has 1 aromatic rings. The van der Waals surface area contributed by atoms with Gasteiger partial charge in [-0.25, -0.2) is 4.98 Å². The van der Waals surface area contributed by atoms with E-state index in [-0.39, 0.29) is 5.54 Å². The Balaban J connectivity index is 2.08. The number of anilines is 1. The lowest BCUT2D eigenvalue weighted by Gasteiger charge is -2.43. The van der Waals surface area contributed by atoms with Crippen molar-refractivity contribution in [2.75, 3.05) is 31.2 Å². The number of morpholine rings is 1. The van der Waals surface area contributed by atoms with Crippen molar-refractivity contribution < 1.29 is 4.74 Å². The summed E-state index contributed by atoms with van der Waals surface area (Å²) in [5.41, 5.74) is 1.25. The fourth-order valence-electron chi connectivity index (χ4n) is 2.23. The Hall–Kier alpha value is -1.13. The Morgan fingerprint density at radius 2 is 2.28 bits per heavy atom. The van der Waals surface area contributed by atoms with Crippen molar-refractivity contribution in [1.29, 1.82) is 0 Å². The van der Waals surface area contributed by atoms with Crippen LogP contribution in [-0.2, 0) is 11.3 Å². The zero-order valence-electron chi connectivity index (χ0n) is 11.6. The summed E-state index contributed by atoms with van der Waals surface area (Å²) >= 11 is 0. The van der Waals surface area contributed by atoms with Gasteiger partial charge in [0, 0.05) is 19.3 Å². The molecular weight excluding hydrogens is 226 g/mol. The van der Waals surface area contributed by atoms with Crippen LogP contribution in [0.25, 0.3) is 0 Å². The zero-order chi connectivity index (χ0) is 13.0. The van der Waals surface area contributed by atoms with Crippen LogP contribution >= 0.6 is 0 Å². The van der Waals surface area contributed by atoms with Crippen LogP contribution in [0.5, 0.6) is 0 Å². The van der Waals surface area contributed by atoms with Crippen molar-refractivity contribution in [1.82, 2.24) is 10.3 Å². The molecule has 100 valence electrons. The van der Waals surface area contributed by atoms with E-state index in [4.69, 9.17) is 4.74 Å². The van der Waals surface area contributed by atoms with Gasteiger partial charge in [-0.05, 0) is 32.0 Å². The molecule has 1 fully saturated rings. The van der Waals surface area contributed by atoms with Gasteiger partial charge in [-0.15, -0.1) is 0 Å². The number of hydrogen-bond acceptors (Lipinski definition) is 4. The van der Waals surface area contributed by atoms with Crippen LogP contribution in [0.1, 0.15) is 26.3 Å². The second-order valence-electron chi connectivity index (χ2n) is 5.32. The van der Waals surface area contributed by atoms with E-state index in [9.17, 15) is 0 Å². The highest BCUT2D eigenvalue weighted by Crippen LogP contribution is 2.25. The second-order valence-corrected chi connectivity index (χ2v) is 5.32. The SMILES string of the molecule is CCNCc1ccc(N2CCOCC2(C)C)nc1. The molecule has 0 saturated carbocycles. The summed E-state index contributed by atoms with van der Waals surface area (Å²) in [5, 5.41) is 3.31. The first-order chi connectivity index (χ1) is 8.63. The maximum absolute atomic E-state index is 5.53. The highest BCUT2D eigenvalue weighted by Gasteiger charge is 2.31. The number of pyridine rings is 1. The number of nitrogens with zero attached hydrogens (tertiary/aromatic N) is 2. The Kier molecular flexibility index (Phi) is 4.19. The molecule has 1 aromatic heterocycles. The summed E-state index contributed by atoms with van der Waals surface area (Å²) in [5.74, 6) is 1.04. The first kappa shape index (κ1) is 13.3. The van der Waals surface area contributed by atoms with Gasteiger partial charge in [-0.3, -0.25) is 0 Å². The third-order valence-corrected chi connectivity index (χ3v) is 3.31. The number of nitrogens with one attached hydrogen (secondary N) is 1. The average molecular weight is 249 g/mol. The van der Waals surface area contributed by atoms with E-state index in [1.165, 1.54) is 5.56 Å². The van der Waals surface area contributed by atoms with Crippen molar-refractivity contribution in [3.8, 4) is 0 Å². The first-order valence-electron chi connectivity index (χ1n) is 6.64. The van der Waals surface area contributed by atoms with E-state index in [1.807, 2.05) is 6.20 Å². The lowest BCUT2D eigenvalue weighted by Crippen LogP contribution is -2.53. The topological polar surface area (TPSA) is 37.4 Å². The molecule has 0 radical (unpaired) electrons. The average Bonchev–Trinajstić information content (AvgIpc) is 2.37. The maximum Gasteiger partial charge on any atom is 0.129 e. The molecule has 1 aliphatic rings. The van der Waals surface area contributed by atoms with Gasteiger partial charge in [0.2, 0.25) is 0 Å². The van der Waals surface area contributed by atoms with Crippen LogP contribution in [0.3, 0.4) is 0 Å². The third kappa shape index (κ3) is 3.00. The molecule has 0 spiro atoms. The fraction of sp³-hybridized carbons (Fsp3) is 0.643. The van der Waals surface area contributed by atoms with Gasteiger partial charge in [0.1, 0.15) is 5.82 Å². The van der Waals surface area contributed by atoms with Crippen molar-refractivity contribution in [2.45, 2.75) is 32.9 Å². The normalized spacial score (nSPS) is 18.9. The molecule has 2 heterocycles. The molecule has 4 nitrogen and oxygen atoms in total. The fourth-order valence-corrected chi connectivity index (χ4v) is 2.23. The summed E-state index contributed by atoms with van der Waals surface area (Å²) in [6, 6.07) is 4.26. The predicted molar refractivity (Wildman–Crippen MR) is 73.9 cm³/mol. The number of ether oxygens (including phenoxy) is 1. The minimum atomic E-state index is 0.0223. The summed E-state index contributed by atoms with van der Waals surface area (Å²) < 4.78 is 5.53. The van der Waals surface area contributed by atoms with Crippen molar-refractivity contribution in [3.63, 3.8) is 0 Å². The van der Waals surface area contributed by atoms with E-state index in [0.717, 1.165) is 38.7 Å². The molecule has 18 heavy (non-hydrogen) atoms. The number of aromatic nitrogens is 1. The van der Waals surface area contributed by atoms with Crippen molar-refractivity contribution >= 4 is 5.82 Å². The van der Waals surface area contributed by atoms with Gasteiger partial charge < -0.3 is 15.0 Å². The number of hydrogen-bond donors (Lipinski definition) is 1. The van der Waals surface area contributed by atoms with Crippen molar-refractivity contribution in [2.24, 2.45) is 0 Å². The Bertz CT molecular complexity index is 375. The molecule has 0 unspecified atom stereocenters. The Labute approximate surface area is 109 Å². The lowest BCUT2D eigenvalue weighted by atomic mass is 10.0. The van der Waals surface area contributed by atoms with E-state index in [1.54, 1.807) is 0 Å². The van der Waals surface area contributed by atoms with E-state index in [0.29, 0.717) is 0 Å². The van der Waals surface area contributed by atoms with E-state index >= 15 is 0 Å². The van der Waals surface area contributed by atoms with Gasteiger partial charge in [0.25, 0.3) is 0 Å². The molecule has 0 aliphatic carbocycles. The van der Waals surface area contributed by atoms with Crippen molar-refractivity contribution in [3.05, 3.63) is 23.9 Å². The number of rotatable bonds is 4. The smallest absolute Gasteiger partial charge is 0.129 e. The minimum absolute atomic E-state index is 0.0223. The van der Waals surface area contributed by atoms with Crippen LogP contribution < -0.4 is 10.2 Å². The largest absolute Gasteiger partial charge is 0.377 e.